The van der Waals surface area contributed by atoms with Crippen molar-refractivity contribution in [3.05, 3.63) is 0 Å². The number of ether oxygens (including phenoxy) is 1. The smallest absolute Gasteiger partial charge is 0.378 e. The summed E-state index contributed by atoms with van der Waals surface area (Å²) in [5.41, 5.74) is -4.81. The van der Waals surface area contributed by atoms with Crippen LogP contribution in [-0.4, -0.2) is 36.3 Å². The molecule has 0 heterocycles. The van der Waals surface area contributed by atoms with E-state index in [9.17, 15) is 26.3 Å². The molecular weight excluding hydrogens is 350 g/mol. The number of fused-ring (bicyclic) bond motifs is 2. The highest BCUT2D eigenvalue weighted by Gasteiger charge is 2.70. The highest BCUT2D eigenvalue weighted by atomic mass is 19.4. The maximum absolute atomic E-state index is 12.5. The number of unbranched alkanes of at least 4 members (excludes halogenated alkanes) is 1. The lowest BCUT2D eigenvalue weighted by Gasteiger charge is -2.32. The summed E-state index contributed by atoms with van der Waals surface area (Å²) < 4.78 is 79.4. The normalized spacial score (nSPS) is 33.2. The minimum Gasteiger partial charge on any atom is -0.378 e. The summed E-state index contributed by atoms with van der Waals surface area (Å²) in [5.74, 6) is 3.50. The van der Waals surface area contributed by atoms with E-state index in [0.29, 0.717) is 30.6 Å². The number of alkyl halides is 6. The van der Waals surface area contributed by atoms with Crippen LogP contribution in [0.2, 0.25) is 0 Å². The van der Waals surface area contributed by atoms with E-state index >= 15 is 0 Å². The van der Waals surface area contributed by atoms with E-state index in [-0.39, 0.29) is 6.61 Å². The Kier molecular flexibility index (Phi) is 6.04. The molecular formula is C17H26F6O2. The van der Waals surface area contributed by atoms with E-state index < -0.39 is 24.6 Å². The van der Waals surface area contributed by atoms with Crippen LogP contribution in [0, 0.1) is 29.6 Å². The number of halogens is 6. The molecule has 0 aromatic carbocycles. The molecule has 0 saturated heterocycles. The minimum atomic E-state index is -5.82. The molecule has 2 bridgehead atoms. The molecule has 148 valence electrons. The fraction of sp³-hybridized carbons (Fsp3) is 1.00. The molecule has 2 rings (SSSR count). The maximum Gasteiger partial charge on any atom is 0.428 e. The van der Waals surface area contributed by atoms with Crippen molar-refractivity contribution in [3.63, 3.8) is 0 Å². The van der Waals surface area contributed by atoms with E-state index in [4.69, 9.17) is 5.11 Å². The number of hydrogen-bond acceptors (Lipinski definition) is 2. The zero-order valence-corrected chi connectivity index (χ0v) is 14.5. The lowest BCUT2D eigenvalue weighted by Crippen LogP contribution is -2.60. The highest BCUT2D eigenvalue weighted by molar-refractivity contribution is 4.97. The highest BCUT2D eigenvalue weighted by Crippen LogP contribution is 2.56. The summed E-state index contributed by atoms with van der Waals surface area (Å²) in [6.07, 6.45) is -7.17. The summed E-state index contributed by atoms with van der Waals surface area (Å²) in [6.45, 7) is 2.51. The van der Waals surface area contributed by atoms with Crippen molar-refractivity contribution in [1.82, 2.24) is 0 Å². The van der Waals surface area contributed by atoms with Crippen molar-refractivity contribution < 1.29 is 36.2 Å². The fourth-order valence-electron chi connectivity index (χ4n) is 4.58. The van der Waals surface area contributed by atoms with Crippen LogP contribution in [0.3, 0.4) is 0 Å². The molecule has 2 aliphatic carbocycles. The SMILES string of the molecule is CC1C2CC(CCCCOCC(O)(C(F)(F)F)C(F)(F)F)C(C2)C1C. The molecule has 2 saturated carbocycles. The van der Waals surface area contributed by atoms with Crippen LogP contribution >= 0.6 is 0 Å². The van der Waals surface area contributed by atoms with E-state index in [1.54, 1.807) is 0 Å². The predicted octanol–water partition coefficient (Wildman–Crippen LogP) is 4.96. The second kappa shape index (κ2) is 7.25. The third-order valence-electron chi connectivity index (χ3n) is 6.40. The van der Waals surface area contributed by atoms with Crippen molar-refractivity contribution in [2.75, 3.05) is 13.2 Å². The van der Waals surface area contributed by atoms with Crippen LogP contribution in [0.4, 0.5) is 26.3 Å². The molecule has 0 aliphatic heterocycles. The number of hydrogen-bond donors (Lipinski definition) is 1. The largest absolute Gasteiger partial charge is 0.428 e. The third kappa shape index (κ3) is 4.10. The van der Waals surface area contributed by atoms with E-state index in [1.165, 1.54) is 12.8 Å². The van der Waals surface area contributed by atoms with Gasteiger partial charge in [-0.3, -0.25) is 0 Å². The van der Waals surface area contributed by atoms with Gasteiger partial charge in [0, 0.05) is 6.61 Å². The monoisotopic (exact) mass is 376 g/mol. The molecule has 2 fully saturated rings. The van der Waals surface area contributed by atoms with Crippen LogP contribution in [0.15, 0.2) is 0 Å². The molecule has 25 heavy (non-hydrogen) atoms. The molecule has 5 unspecified atom stereocenters. The first-order valence-corrected chi connectivity index (χ1v) is 8.82. The van der Waals surface area contributed by atoms with Crippen molar-refractivity contribution in [3.8, 4) is 0 Å². The molecule has 0 spiro atoms. The van der Waals surface area contributed by atoms with Crippen LogP contribution < -0.4 is 0 Å². The first-order chi connectivity index (χ1) is 11.4. The molecule has 0 aromatic rings. The van der Waals surface area contributed by atoms with Gasteiger partial charge in [-0.15, -0.1) is 0 Å². The van der Waals surface area contributed by atoms with Gasteiger partial charge in [0.25, 0.3) is 5.60 Å². The van der Waals surface area contributed by atoms with Gasteiger partial charge in [0.15, 0.2) is 0 Å². The van der Waals surface area contributed by atoms with E-state index in [0.717, 1.165) is 18.3 Å². The van der Waals surface area contributed by atoms with Gasteiger partial charge in [-0.2, -0.15) is 26.3 Å². The summed E-state index contributed by atoms with van der Waals surface area (Å²) in [6, 6.07) is 0. The second-order valence-electron chi connectivity index (χ2n) is 7.78. The van der Waals surface area contributed by atoms with Gasteiger partial charge in [-0.05, 0) is 48.9 Å². The predicted molar refractivity (Wildman–Crippen MR) is 79.8 cm³/mol. The van der Waals surface area contributed by atoms with Crippen LogP contribution in [-0.2, 0) is 4.74 Å². The Balaban J connectivity index is 1.68. The van der Waals surface area contributed by atoms with Gasteiger partial charge in [0.05, 0.1) is 6.61 Å². The molecule has 5 atom stereocenters. The van der Waals surface area contributed by atoms with Crippen molar-refractivity contribution in [1.29, 1.82) is 0 Å². The van der Waals surface area contributed by atoms with Crippen molar-refractivity contribution in [2.45, 2.75) is 63.9 Å². The Morgan fingerprint density at radius 3 is 2.00 bits per heavy atom. The Hall–Kier alpha value is -0.500. The Labute approximate surface area is 143 Å². The second-order valence-corrected chi connectivity index (χ2v) is 7.78. The lowest BCUT2D eigenvalue weighted by atomic mass is 9.74. The standard InChI is InChI=1S/C17H26F6O2/c1-10-11(2)14-8-13(10)7-12(14)5-3-4-6-25-9-15(24,16(18,19)20)17(21,22)23/h10-14,24H,3-9H2,1-2H3. The summed E-state index contributed by atoms with van der Waals surface area (Å²) in [5, 5.41) is 8.96. The fourth-order valence-corrected chi connectivity index (χ4v) is 4.58. The van der Waals surface area contributed by atoms with Gasteiger partial charge >= 0.3 is 12.4 Å². The summed E-state index contributed by atoms with van der Waals surface area (Å²) in [7, 11) is 0. The van der Waals surface area contributed by atoms with Crippen LogP contribution in [0.1, 0.15) is 46.0 Å². The Morgan fingerprint density at radius 1 is 0.920 bits per heavy atom. The maximum atomic E-state index is 12.5. The molecule has 8 heteroatoms. The lowest BCUT2D eigenvalue weighted by molar-refractivity contribution is -0.378. The molecule has 0 aromatic heterocycles. The first kappa shape index (κ1) is 20.8. The van der Waals surface area contributed by atoms with Gasteiger partial charge in [0.2, 0.25) is 0 Å². The van der Waals surface area contributed by atoms with Crippen molar-refractivity contribution >= 4 is 0 Å². The molecule has 0 radical (unpaired) electrons. The van der Waals surface area contributed by atoms with Gasteiger partial charge in [-0.1, -0.05) is 26.7 Å². The number of aliphatic hydroxyl groups is 1. The third-order valence-corrected chi connectivity index (χ3v) is 6.40. The average Bonchev–Trinajstić information content (AvgIpc) is 3.00. The van der Waals surface area contributed by atoms with Crippen molar-refractivity contribution in [2.24, 2.45) is 29.6 Å². The Bertz CT molecular complexity index is 431. The quantitative estimate of drug-likeness (QED) is 0.503. The van der Waals surface area contributed by atoms with Gasteiger partial charge < -0.3 is 9.84 Å². The van der Waals surface area contributed by atoms with Crippen LogP contribution in [0.5, 0.6) is 0 Å². The van der Waals surface area contributed by atoms with Gasteiger partial charge in [-0.25, -0.2) is 0 Å². The molecule has 0 amide bonds. The molecule has 2 aliphatic rings. The van der Waals surface area contributed by atoms with Gasteiger partial charge in [0.1, 0.15) is 0 Å². The zero-order valence-electron chi connectivity index (χ0n) is 14.5. The molecule has 2 nitrogen and oxygen atoms in total. The molecule has 1 N–H and O–H groups in total. The Morgan fingerprint density at radius 2 is 1.52 bits per heavy atom. The number of rotatable bonds is 7. The van der Waals surface area contributed by atoms with Crippen LogP contribution in [0.25, 0.3) is 0 Å². The minimum absolute atomic E-state index is 0.221. The van der Waals surface area contributed by atoms with E-state index in [1.807, 2.05) is 0 Å². The topological polar surface area (TPSA) is 29.5 Å². The average molecular weight is 376 g/mol. The van der Waals surface area contributed by atoms with E-state index in [2.05, 4.69) is 18.6 Å². The summed E-state index contributed by atoms with van der Waals surface area (Å²) >= 11 is 0. The summed E-state index contributed by atoms with van der Waals surface area (Å²) in [4.78, 5) is 0. The first-order valence-electron chi connectivity index (χ1n) is 8.82. The zero-order chi connectivity index (χ0) is 19.0.